The van der Waals surface area contributed by atoms with Crippen LogP contribution in [0.4, 0.5) is 4.39 Å². The summed E-state index contributed by atoms with van der Waals surface area (Å²) in [6.07, 6.45) is 2.90. The normalized spacial score (nSPS) is 10.3. The minimum atomic E-state index is -0.485. The number of carbonyl (C=O) groups excluding carboxylic acids is 2. The van der Waals surface area contributed by atoms with Crippen LogP contribution in [0.5, 0.6) is 5.75 Å². The zero-order valence-electron chi connectivity index (χ0n) is 14.5. The Balaban J connectivity index is 1.73. The molecule has 0 bridgehead atoms. The number of nitrogens with one attached hydrogen (secondary N) is 3. The SMILES string of the molecule is COc1ccc(CC(=O)NNC(=S)NC(=O)C=Cc2ccc(F)cc2)cc1. The highest BCUT2D eigenvalue weighted by Gasteiger charge is 2.05. The number of ether oxygens (including phenoxy) is 1. The van der Waals surface area contributed by atoms with Gasteiger partial charge < -0.3 is 4.74 Å². The Morgan fingerprint density at radius 1 is 1.07 bits per heavy atom. The van der Waals surface area contributed by atoms with Gasteiger partial charge in [0.25, 0.3) is 0 Å². The molecule has 3 N–H and O–H groups in total. The lowest BCUT2D eigenvalue weighted by molar-refractivity contribution is -0.121. The van der Waals surface area contributed by atoms with E-state index in [2.05, 4.69) is 16.2 Å². The first-order chi connectivity index (χ1) is 13.0. The molecule has 0 saturated heterocycles. The second kappa shape index (κ2) is 10.0. The van der Waals surface area contributed by atoms with Crippen LogP contribution in [0.25, 0.3) is 6.08 Å². The summed E-state index contributed by atoms with van der Waals surface area (Å²) in [4.78, 5) is 23.6. The fourth-order valence-electron chi connectivity index (χ4n) is 2.03. The number of thiocarbonyl (C=S) groups is 1. The van der Waals surface area contributed by atoms with E-state index in [4.69, 9.17) is 17.0 Å². The van der Waals surface area contributed by atoms with Crippen molar-refractivity contribution < 1.29 is 18.7 Å². The van der Waals surface area contributed by atoms with Crippen molar-refractivity contribution in [2.75, 3.05) is 7.11 Å². The highest BCUT2D eigenvalue weighted by atomic mass is 32.1. The van der Waals surface area contributed by atoms with E-state index >= 15 is 0 Å². The molecule has 27 heavy (non-hydrogen) atoms. The molecule has 0 aliphatic rings. The minimum Gasteiger partial charge on any atom is -0.497 e. The van der Waals surface area contributed by atoms with Crippen LogP contribution in [0.2, 0.25) is 0 Å². The molecule has 0 aliphatic carbocycles. The van der Waals surface area contributed by atoms with Crippen molar-refractivity contribution in [3.8, 4) is 5.75 Å². The zero-order valence-corrected chi connectivity index (χ0v) is 15.3. The molecule has 2 aromatic carbocycles. The third kappa shape index (κ3) is 7.25. The van der Waals surface area contributed by atoms with Gasteiger partial charge in [0, 0.05) is 6.08 Å². The molecule has 0 saturated carbocycles. The first-order valence-electron chi connectivity index (χ1n) is 7.92. The lowest BCUT2D eigenvalue weighted by Crippen LogP contribution is -2.48. The predicted molar refractivity (Wildman–Crippen MR) is 104 cm³/mol. The van der Waals surface area contributed by atoms with Gasteiger partial charge in [-0.25, -0.2) is 4.39 Å². The summed E-state index contributed by atoms with van der Waals surface area (Å²) in [6, 6.07) is 12.7. The largest absolute Gasteiger partial charge is 0.497 e. The number of hydrogen-bond acceptors (Lipinski definition) is 4. The van der Waals surface area contributed by atoms with Crippen molar-refractivity contribution in [1.82, 2.24) is 16.2 Å². The van der Waals surface area contributed by atoms with Gasteiger partial charge in [-0.2, -0.15) is 0 Å². The zero-order chi connectivity index (χ0) is 19.6. The first-order valence-corrected chi connectivity index (χ1v) is 8.33. The Labute approximate surface area is 161 Å². The van der Waals surface area contributed by atoms with Gasteiger partial charge in [0.1, 0.15) is 11.6 Å². The van der Waals surface area contributed by atoms with Gasteiger partial charge in [-0.05, 0) is 53.7 Å². The molecule has 2 aromatic rings. The average Bonchev–Trinajstić information content (AvgIpc) is 2.66. The van der Waals surface area contributed by atoms with Crippen molar-refractivity contribution in [2.45, 2.75) is 6.42 Å². The Kier molecular flexibility index (Phi) is 7.45. The van der Waals surface area contributed by atoms with E-state index in [9.17, 15) is 14.0 Å². The van der Waals surface area contributed by atoms with E-state index in [1.807, 2.05) is 0 Å². The van der Waals surface area contributed by atoms with Crippen LogP contribution in [0.3, 0.4) is 0 Å². The third-order valence-electron chi connectivity index (χ3n) is 3.37. The number of hydrogen-bond donors (Lipinski definition) is 3. The molecule has 6 nitrogen and oxygen atoms in total. The third-order valence-corrected chi connectivity index (χ3v) is 3.58. The van der Waals surface area contributed by atoms with Gasteiger partial charge in [-0.3, -0.25) is 25.8 Å². The smallest absolute Gasteiger partial charge is 0.250 e. The number of carbonyl (C=O) groups is 2. The fraction of sp³-hybridized carbons (Fsp3) is 0.105. The van der Waals surface area contributed by atoms with E-state index < -0.39 is 5.91 Å². The Bertz CT molecular complexity index is 836. The molecule has 8 heteroatoms. The predicted octanol–water partition coefficient (Wildman–Crippen LogP) is 2.11. The molecule has 0 spiro atoms. The molecule has 0 fully saturated rings. The topological polar surface area (TPSA) is 79.5 Å². The maximum Gasteiger partial charge on any atom is 0.250 e. The summed E-state index contributed by atoms with van der Waals surface area (Å²) < 4.78 is 17.9. The van der Waals surface area contributed by atoms with Crippen molar-refractivity contribution >= 4 is 35.2 Å². The molecule has 0 aliphatic heterocycles. The van der Waals surface area contributed by atoms with Gasteiger partial charge in [0.2, 0.25) is 11.8 Å². The van der Waals surface area contributed by atoms with Crippen LogP contribution in [0, 0.1) is 5.82 Å². The second-order valence-corrected chi connectivity index (χ2v) is 5.81. The number of halogens is 1. The van der Waals surface area contributed by atoms with Gasteiger partial charge in [0.15, 0.2) is 5.11 Å². The summed E-state index contributed by atoms with van der Waals surface area (Å²) in [5, 5.41) is 2.34. The molecule has 0 radical (unpaired) electrons. The first kappa shape index (κ1) is 20.1. The Hall–Kier alpha value is -3.26. The minimum absolute atomic E-state index is 0.0492. The van der Waals surface area contributed by atoms with E-state index in [1.54, 1.807) is 31.4 Å². The van der Waals surface area contributed by atoms with Crippen LogP contribution in [0.1, 0.15) is 11.1 Å². The molecule has 0 unspecified atom stereocenters. The van der Waals surface area contributed by atoms with E-state index in [0.717, 1.165) is 5.56 Å². The molecule has 0 heterocycles. The number of hydrazine groups is 1. The molecular formula is C19H18FN3O3S. The quantitative estimate of drug-likeness (QED) is 0.416. The maximum atomic E-state index is 12.8. The summed E-state index contributed by atoms with van der Waals surface area (Å²) in [5.41, 5.74) is 6.32. The number of methoxy groups -OCH3 is 1. The molecule has 2 rings (SSSR count). The van der Waals surface area contributed by atoms with E-state index in [1.165, 1.54) is 36.4 Å². The summed E-state index contributed by atoms with van der Waals surface area (Å²) >= 11 is 4.94. The number of rotatable bonds is 5. The standard InChI is InChI=1S/C19H18FN3O3S/c1-26-16-9-4-14(5-10-16)12-18(25)22-23-19(27)21-17(24)11-6-13-2-7-15(20)8-3-13/h2-11H,12H2,1H3,(H,22,25)(H2,21,23,24,27). The number of benzene rings is 2. The second-order valence-electron chi connectivity index (χ2n) is 5.40. The highest BCUT2D eigenvalue weighted by molar-refractivity contribution is 7.80. The van der Waals surface area contributed by atoms with Gasteiger partial charge in [0.05, 0.1) is 13.5 Å². The van der Waals surface area contributed by atoms with Gasteiger partial charge >= 0.3 is 0 Å². The Morgan fingerprint density at radius 3 is 2.37 bits per heavy atom. The molecule has 0 atom stereocenters. The van der Waals surface area contributed by atoms with Crippen molar-refractivity contribution in [3.63, 3.8) is 0 Å². The van der Waals surface area contributed by atoms with Crippen molar-refractivity contribution in [2.24, 2.45) is 0 Å². The summed E-state index contributed by atoms with van der Waals surface area (Å²) in [5.74, 6) is -0.456. The molecule has 0 aromatic heterocycles. The average molecular weight is 387 g/mol. The summed E-state index contributed by atoms with van der Waals surface area (Å²) in [7, 11) is 1.57. The van der Waals surface area contributed by atoms with Crippen LogP contribution >= 0.6 is 12.2 Å². The molecule has 140 valence electrons. The monoisotopic (exact) mass is 387 g/mol. The van der Waals surface area contributed by atoms with Crippen molar-refractivity contribution in [3.05, 3.63) is 71.6 Å². The van der Waals surface area contributed by atoms with Gasteiger partial charge in [-0.1, -0.05) is 24.3 Å². The molecular weight excluding hydrogens is 369 g/mol. The van der Waals surface area contributed by atoms with Crippen LogP contribution < -0.4 is 20.9 Å². The number of amides is 2. The van der Waals surface area contributed by atoms with Gasteiger partial charge in [-0.15, -0.1) is 0 Å². The molecule has 2 amide bonds. The van der Waals surface area contributed by atoms with Crippen LogP contribution in [-0.2, 0) is 16.0 Å². The van der Waals surface area contributed by atoms with Crippen molar-refractivity contribution in [1.29, 1.82) is 0 Å². The van der Waals surface area contributed by atoms with Crippen LogP contribution in [-0.4, -0.2) is 24.0 Å². The Morgan fingerprint density at radius 2 is 1.74 bits per heavy atom. The lowest BCUT2D eigenvalue weighted by Gasteiger charge is -2.10. The lowest BCUT2D eigenvalue weighted by atomic mass is 10.1. The van der Waals surface area contributed by atoms with E-state index in [0.29, 0.717) is 11.3 Å². The highest BCUT2D eigenvalue weighted by Crippen LogP contribution is 2.11. The summed E-state index contributed by atoms with van der Waals surface area (Å²) in [6.45, 7) is 0. The van der Waals surface area contributed by atoms with Crippen LogP contribution in [0.15, 0.2) is 54.6 Å². The fourth-order valence-corrected chi connectivity index (χ4v) is 2.18. The maximum absolute atomic E-state index is 12.8. The van der Waals surface area contributed by atoms with E-state index in [-0.39, 0.29) is 23.3 Å².